The summed E-state index contributed by atoms with van der Waals surface area (Å²) in [6, 6.07) is 6.17. The molecule has 1 amide bonds. The number of hydrogen-bond donors (Lipinski definition) is 2. The van der Waals surface area contributed by atoms with Crippen molar-refractivity contribution in [3.05, 3.63) is 47.9 Å². The molecule has 2 heterocycles. The van der Waals surface area contributed by atoms with Crippen molar-refractivity contribution in [2.45, 2.75) is 38.1 Å². The molecule has 1 aromatic heterocycles. The van der Waals surface area contributed by atoms with Crippen molar-refractivity contribution in [3.63, 3.8) is 0 Å². The number of benzene rings is 1. The number of piperidine rings is 1. The minimum atomic E-state index is 0. The molecule has 1 saturated heterocycles. The van der Waals surface area contributed by atoms with Crippen LogP contribution in [0.2, 0.25) is 0 Å². The Kier molecular flexibility index (Phi) is 7.89. The van der Waals surface area contributed by atoms with Crippen LogP contribution in [0.15, 0.2) is 36.8 Å². The lowest BCUT2D eigenvalue weighted by molar-refractivity contribution is -0.126. The number of nitrogen functional groups attached to an aromatic ring is 1. The summed E-state index contributed by atoms with van der Waals surface area (Å²) in [4.78, 5) is 23.5. The van der Waals surface area contributed by atoms with Gasteiger partial charge in [0.25, 0.3) is 0 Å². The van der Waals surface area contributed by atoms with E-state index >= 15 is 0 Å². The minimum Gasteiger partial charge on any atom is -0.399 e. The van der Waals surface area contributed by atoms with Crippen LogP contribution in [0.3, 0.4) is 0 Å². The first-order valence-corrected chi connectivity index (χ1v) is 9.40. The normalized spacial score (nSPS) is 19.0. The number of nitrogens with two attached hydrogens (primary N) is 1. The van der Waals surface area contributed by atoms with E-state index in [-0.39, 0.29) is 42.7 Å². The highest BCUT2D eigenvalue weighted by Gasteiger charge is 2.29. The van der Waals surface area contributed by atoms with Crippen molar-refractivity contribution in [2.24, 2.45) is 5.92 Å². The Labute approximate surface area is 178 Å². The first kappa shape index (κ1) is 22.2. The molecule has 1 fully saturated rings. The second-order valence-electron chi connectivity index (χ2n) is 7.24. The Balaban J connectivity index is 0.00000140. The van der Waals surface area contributed by atoms with Crippen LogP contribution in [0.5, 0.6) is 0 Å². The summed E-state index contributed by atoms with van der Waals surface area (Å²) in [7, 11) is 0. The fraction of sp³-hybridized carbons (Fsp3) is 0.450. The largest absolute Gasteiger partial charge is 0.399 e. The number of anilines is 2. The van der Waals surface area contributed by atoms with Gasteiger partial charge in [-0.1, -0.05) is 6.07 Å². The van der Waals surface area contributed by atoms with Crippen LogP contribution in [0.25, 0.3) is 0 Å². The van der Waals surface area contributed by atoms with Crippen molar-refractivity contribution >= 4 is 42.2 Å². The molecular weight excluding hydrogens is 397 g/mol. The van der Waals surface area contributed by atoms with Crippen molar-refractivity contribution < 1.29 is 4.79 Å². The van der Waals surface area contributed by atoms with Crippen LogP contribution in [-0.2, 0) is 11.2 Å². The minimum absolute atomic E-state index is 0. The molecule has 2 aliphatic rings. The number of fused-ring (bicyclic) bond motifs is 1. The summed E-state index contributed by atoms with van der Waals surface area (Å²) in [6.07, 6.45) is 10.0. The number of rotatable bonds is 3. The van der Waals surface area contributed by atoms with Crippen molar-refractivity contribution in [1.82, 2.24) is 15.3 Å². The number of aryl methyl sites for hydroxylation is 1. The second-order valence-corrected chi connectivity index (χ2v) is 7.24. The molecule has 1 aromatic carbocycles. The Morgan fingerprint density at radius 2 is 1.93 bits per heavy atom. The molecule has 2 aromatic rings. The maximum absolute atomic E-state index is 12.8. The maximum atomic E-state index is 12.8. The van der Waals surface area contributed by atoms with Crippen molar-refractivity contribution in [3.8, 4) is 0 Å². The van der Waals surface area contributed by atoms with Gasteiger partial charge in [0.05, 0.1) is 12.2 Å². The summed E-state index contributed by atoms with van der Waals surface area (Å²) >= 11 is 0. The molecule has 6 nitrogen and oxygen atoms in total. The van der Waals surface area contributed by atoms with Crippen LogP contribution in [-0.4, -0.2) is 29.0 Å². The first-order chi connectivity index (χ1) is 12.7. The number of carbonyl (C=O) groups excluding carboxylic acids is 1. The van der Waals surface area contributed by atoms with Crippen LogP contribution in [0.1, 0.15) is 42.9 Å². The Morgan fingerprint density at radius 3 is 2.64 bits per heavy atom. The average Bonchev–Trinajstić information content (AvgIpc) is 2.69. The Bertz CT molecular complexity index is 781. The van der Waals surface area contributed by atoms with E-state index in [2.05, 4.69) is 26.3 Å². The lowest BCUT2D eigenvalue weighted by Gasteiger charge is -2.33. The summed E-state index contributed by atoms with van der Waals surface area (Å²) in [5, 5.41) is 3.29. The van der Waals surface area contributed by atoms with Gasteiger partial charge in [-0.2, -0.15) is 0 Å². The average molecular weight is 424 g/mol. The highest BCUT2D eigenvalue weighted by Crippen LogP contribution is 2.32. The molecule has 0 radical (unpaired) electrons. The van der Waals surface area contributed by atoms with Gasteiger partial charge in [-0.25, -0.2) is 4.98 Å². The summed E-state index contributed by atoms with van der Waals surface area (Å²) in [5.41, 5.74) is 9.21. The zero-order chi connectivity index (χ0) is 17.9. The summed E-state index contributed by atoms with van der Waals surface area (Å²) in [5.74, 6) is 1.14. The van der Waals surface area contributed by atoms with Gasteiger partial charge in [-0.15, -0.1) is 24.8 Å². The standard InChI is InChI=1S/C20H25N5O.2ClH/c21-16-4-5-17-15(12-16)2-1-3-18(17)24-20(26)14-6-10-25(11-7-14)19-13-22-8-9-23-19;;/h4-5,8-9,12-14,18H,1-3,6-7,10-11,21H2,(H,24,26);2*1H. The van der Waals surface area contributed by atoms with Gasteiger partial charge in [0.15, 0.2) is 0 Å². The van der Waals surface area contributed by atoms with E-state index in [1.54, 1.807) is 18.6 Å². The quantitative estimate of drug-likeness (QED) is 0.739. The number of aromatic nitrogens is 2. The molecule has 3 N–H and O–H groups in total. The van der Waals surface area contributed by atoms with Gasteiger partial charge < -0.3 is 16.0 Å². The molecule has 1 unspecified atom stereocenters. The first-order valence-electron chi connectivity index (χ1n) is 9.40. The smallest absolute Gasteiger partial charge is 0.223 e. The molecule has 152 valence electrons. The molecule has 1 aliphatic heterocycles. The molecule has 0 bridgehead atoms. The van der Waals surface area contributed by atoms with Crippen LogP contribution in [0.4, 0.5) is 11.5 Å². The van der Waals surface area contributed by atoms with Gasteiger partial charge in [0.1, 0.15) is 5.82 Å². The van der Waals surface area contributed by atoms with Gasteiger partial charge in [0, 0.05) is 37.1 Å². The van der Waals surface area contributed by atoms with Crippen molar-refractivity contribution in [2.75, 3.05) is 23.7 Å². The Morgan fingerprint density at radius 1 is 1.14 bits per heavy atom. The second kappa shape index (κ2) is 9.94. The van der Waals surface area contributed by atoms with Gasteiger partial charge >= 0.3 is 0 Å². The zero-order valence-electron chi connectivity index (χ0n) is 15.7. The number of amides is 1. The number of nitrogens with zero attached hydrogens (tertiary/aromatic N) is 3. The molecular formula is C20H27Cl2N5O. The molecule has 1 atom stereocenters. The monoisotopic (exact) mass is 423 g/mol. The predicted molar refractivity (Wildman–Crippen MR) is 116 cm³/mol. The van der Waals surface area contributed by atoms with E-state index < -0.39 is 0 Å². The van der Waals surface area contributed by atoms with E-state index in [0.29, 0.717) is 0 Å². The number of carbonyl (C=O) groups is 1. The molecule has 8 heteroatoms. The molecule has 0 spiro atoms. The highest BCUT2D eigenvalue weighted by atomic mass is 35.5. The highest BCUT2D eigenvalue weighted by molar-refractivity contribution is 5.85. The van der Waals surface area contributed by atoms with Gasteiger partial charge in [0.2, 0.25) is 5.91 Å². The van der Waals surface area contributed by atoms with Gasteiger partial charge in [-0.3, -0.25) is 9.78 Å². The number of halogens is 2. The third-order valence-electron chi connectivity index (χ3n) is 5.54. The van der Waals surface area contributed by atoms with E-state index in [4.69, 9.17) is 5.73 Å². The van der Waals surface area contributed by atoms with E-state index in [1.165, 1.54) is 11.1 Å². The third-order valence-corrected chi connectivity index (χ3v) is 5.54. The number of nitrogens with one attached hydrogen (secondary N) is 1. The van der Waals surface area contributed by atoms with Crippen LogP contribution < -0.4 is 16.0 Å². The molecule has 0 saturated carbocycles. The number of hydrogen-bond acceptors (Lipinski definition) is 5. The third kappa shape index (κ3) is 4.86. The fourth-order valence-electron chi connectivity index (χ4n) is 4.10. The summed E-state index contributed by atoms with van der Waals surface area (Å²) < 4.78 is 0. The topological polar surface area (TPSA) is 84.1 Å². The maximum Gasteiger partial charge on any atom is 0.223 e. The van der Waals surface area contributed by atoms with Crippen molar-refractivity contribution in [1.29, 1.82) is 0 Å². The van der Waals surface area contributed by atoms with E-state index in [1.807, 2.05) is 12.1 Å². The lowest BCUT2D eigenvalue weighted by atomic mass is 9.86. The zero-order valence-corrected chi connectivity index (χ0v) is 17.3. The Hall–Kier alpha value is -2.05. The fourth-order valence-corrected chi connectivity index (χ4v) is 4.10. The SMILES string of the molecule is Cl.Cl.Nc1ccc2c(c1)CCCC2NC(=O)C1CCN(c2cnccn2)CC1. The predicted octanol–water partition coefficient (Wildman–Crippen LogP) is 3.31. The van der Waals surface area contributed by atoms with Crippen LogP contribution >= 0.6 is 24.8 Å². The van der Waals surface area contributed by atoms with E-state index in [0.717, 1.165) is 56.7 Å². The van der Waals surface area contributed by atoms with E-state index in [9.17, 15) is 4.79 Å². The molecule has 4 rings (SSSR count). The van der Waals surface area contributed by atoms with Crippen LogP contribution in [0, 0.1) is 5.92 Å². The summed E-state index contributed by atoms with van der Waals surface area (Å²) in [6.45, 7) is 1.68. The molecule has 28 heavy (non-hydrogen) atoms. The lowest BCUT2D eigenvalue weighted by Crippen LogP contribution is -2.42. The van der Waals surface area contributed by atoms with Gasteiger partial charge in [-0.05, 0) is 55.4 Å². The molecule has 1 aliphatic carbocycles.